The van der Waals surface area contributed by atoms with E-state index in [1.54, 1.807) is 6.07 Å². The van der Waals surface area contributed by atoms with Crippen LogP contribution in [0.5, 0.6) is 0 Å². The highest BCUT2D eigenvalue weighted by Gasteiger charge is 2.42. The summed E-state index contributed by atoms with van der Waals surface area (Å²) in [5.41, 5.74) is 1.05. The Morgan fingerprint density at radius 3 is 2.67 bits per heavy atom. The molecule has 3 heteroatoms. The molecular formula is C15H21FO2. The second-order valence-electron chi connectivity index (χ2n) is 5.11. The number of aryl methyl sites for hydroxylation is 1. The van der Waals surface area contributed by atoms with Crippen LogP contribution in [-0.2, 0) is 4.74 Å². The molecule has 1 aromatic rings. The van der Waals surface area contributed by atoms with Gasteiger partial charge < -0.3 is 9.84 Å². The number of ether oxygens (including phenoxy) is 1. The molecular weight excluding hydrogens is 231 g/mol. The van der Waals surface area contributed by atoms with Crippen LogP contribution in [0.15, 0.2) is 18.2 Å². The minimum Gasteiger partial charge on any atom is -0.385 e. The van der Waals surface area contributed by atoms with Gasteiger partial charge in [-0.1, -0.05) is 18.9 Å². The van der Waals surface area contributed by atoms with Gasteiger partial charge in [0.25, 0.3) is 0 Å². The topological polar surface area (TPSA) is 29.5 Å². The fraction of sp³-hybridized carbons (Fsp3) is 0.600. The summed E-state index contributed by atoms with van der Waals surface area (Å²) < 4.78 is 19.2. The first-order valence-electron chi connectivity index (χ1n) is 6.67. The second kappa shape index (κ2) is 5.37. The maximum Gasteiger partial charge on any atom is 0.123 e. The van der Waals surface area contributed by atoms with Crippen molar-refractivity contribution in [2.24, 2.45) is 0 Å². The van der Waals surface area contributed by atoms with E-state index >= 15 is 0 Å². The fourth-order valence-corrected chi connectivity index (χ4v) is 2.95. The van der Waals surface area contributed by atoms with E-state index in [0.717, 1.165) is 31.2 Å². The molecule has 0 radical (unpaired) electrons. The van der Waals surface area contributed by atoms with Crippen molar-refractivity contribution in [3.63, 3.8) is 0 Å². The lowest BCUT2D eigenvalue weighted by Crippen LogP contribution is -2.37. The number of aliphatic hydroxyl groups excluding tert-OH is 1. The molecule has 0 saturated heterocycles. The lowest BCUT2D eigenvalue weighted by Gasteiger charge is -2.35. The largest absolute Gasteiger partial charge is 0.385 e. The van der Waals surface area contributed by atoms with Gasteiger partial charge in [0.2, 0.25) is 0 Å². The summed E-state index contributed by atoms with van der Waals surface area (Å²) in [5, 5.41) is 10.6. The minimum atomic E-state index is -0.740. The molecule has 100 valence electrons. The monoisotopic (exact) mass is 252 g/mol. The first kappa shape index (κ1) is 13.5. The number of rotatable bonds is 4. The Balaban J connectivity index is 2.33. The summed E-state index contributed by atoms with van der Waals surface area (Å²) in [4.78, 5) is 0. The van der Waals surface area contributed by atoms with Crippen LogP contribution < -0.4 is 0 Å². The molecule has 1 fully saturated rings. The average molecular weight is 252 g/mol. The van der Waals surface area contributed by atoms with Crippen molar-refractivity contribution in [1.29, 1.82) is 0 Å². The van der Waals surface area contributed by atoms with Crippen molar-refractivity contribution in [3.05, 3.63) is 35.1 Å². The van der Waals surface area contributed by atoms with Gasteiger partial charge in [-0.25, -0.2) is 4.39 Å². The van der Waals surface area contributed by atoms with E-state index in [0.29, 0.717) is 12.2 Å². The van der Waals surface area contributed by atoms with Gasteiger partial charge in [0, 0.05) is 6.61 Å². The molecule has 0 spiro atoms. The maximum atomic E-state index is 13.4. The maximum absolute atomic E-state index is 13.4. The average Bonchev–Trinajstić information content (AvgIpc) is 2.82. The Bertz CT molecular complexity index is 411. The first-order valence-corrected chi connectivity index (χ1v) is 6.67. The fourth-order valence-electron chi connectivity index (χ4n) is 2.95. The van der Waals surface area contributed by atoms with Crippen molar-refractivity contribution in [2.45, 2.75) is 51.2 Å². The van der Waals surface area contributed by atoms with Crippen LogP contribution in [0.25, 0.3) is 0 Å². The van der Waals surface area contributed by atoms with E-state index in [1.807, 2.05) is 13.8 Å². The Kier molecular flexibility index (Phi) is 4.03. The Labute approximate surface area is 108 Å². The lowest BCUT2D eigenvalue weighted by atomic mass is 9.87. The van der Waals surface area contributed by atoms with E-state index in [4.69, 9.17) is 4.74 Å². The smallest absolute Gasteiger partial charge is 0.123 e. The predicted molar refractivity (Wildman–Crippen MR) is 68.9 cm³/mol. The summed E-state index contributed by atoms with van der Waals surface area (Å²) >= 11 is 0. The van der Waals surface area contributed by atoms with Gasteiger partial charge in [-0.3, -0.25) is 0 Å². The quantitative estimate of drug-likeness (QED) is 0.888. The molecule has 1 N–H and O–H groups in total. The number of hydrogen-bond donors (Lipinski definition) is 1. The van der Waals surface area contributed by atoms with Crippen LogP contribution in [0, 0.1) is 12.7 Å². The summed E-state index contributed by atoms with van der Waals surface area (Å²) in [5.74, 6) is -0.306. The molecule has 0 amide bonds. The molecule has 1 aliphatic carbocycles. The van der Waals surface area contributed by atoms with Gasteiger partial charge in [-0.05, 0) is 49.9 Å². The summed E-state index contributed by atoms with van der Waals surface area (Å²) in [6.07, 6.45) is 3.07. The normalized spacial score (nSPS) is 20.0. The van der Waals surface area contributed by atoms with Gasteiger partial charge in [-0.15, -0.1) is 0 Å². The van der Waals surface area contributed by atoms with Gasteiger partial charge in [0.15, 0.2) is 0 Å². The molecule has 0 bridgehead atoms. The van der Waals surface area contributed by atoms with Crippen LogP contribution in [0.2, 0.25) is 0 Å². The van der Waals surface area contributed by atoms with Crippen molar-refractivity contribution in [3.8, 4) is 0 Å². The molecule has 1 unspecified atom stereocenters. The van der Waals surface area contributed by atoms with Gasteiger partial charge in [-0.2, -0.15) is 0 Å². The van der Waals surface area contributed by atoms with E-state index in [-0.39, 0.29) is 5.82 Å². The third-order valence-corrected chi connectivity index (χ3v) is 3.92. The number of benzene rings is 1. The Morgan fingerprint density at radius 2 is 2.06 bits per heavy atom. The first-order chi connectivity index (χ1) is 8.59. The summed E-state index contributed by atoms with van der Waals surface area (Å²) in [7, 11) is 0. The van der Waals surface area contributed by atoms with Crippen molar-refractivity contribution >= 4 is 0 Å². The zero-order valence-electron chi connectivity index (χ0n) is 11.1. The van der Waals surface area contributed by atoms with Gasteiger partial charge in [0.05, 0.1) is 5.60 Å². The van der Waals surface area contributed by atoms with Crippen LogP contribution in [0.4, 0.5) is 4.39 Å². The highest BCUT2D eigenvalue weighted by atomic mass is 19.1. The zero-order chi connectivity index (χ0) is 13.2. The summed E-state index contributed by atoms with van der Waals surface area (Å²) in [6.45, 7) is 4.41. The molecule has 2 nitrogen and oxygen atoms in total. The van der Waals surface area contributed by atoms with Crippen molar-refractivity contribution < 1.29 is 14.2 Å². The predicted octanol–water partition coefficient (Wildman–Crippen LogP) is 3.52. The SMILES string of the molecule is CCOC1(C(O)c2cc(F)ccc2C)CCCC1. The highest BCUT2D eigenvalue weighted by molar-refractivity contribution is 5.30. The number of hydrogen-bond acceptors (Lipinski definition) is 2. The third kappa shape index (κ3) is 2.43. The molecule has 1 saturated carbocycles. The molecule has 0 aromatic heterocycles. The van der Waals surface area contributed by atoms with Gasteiger partial charge in [0.1, 0.15) is 11.9 Å². The van der Waals surface area contributed by atoms with Crippen LogP contribution >= 0.6 is 0 Å². The molecule has 1 atom stereocenters. The molecule has 0 heterocycles. The van der Waals surface area contributed by atoms with E-state index in [1.165, 1.54) is 12.1 Å². The highest BCUT2D eigenvalue weighted by Crippen LogP contribution is 2.43. The van der Waals surface area contributed by atoms with Crippen LogP contribution in [0.3, 0.4) is 0 Å². The van der Waals surface area contributed by atoms with Crippen molar-refractivity contribution in [1.82, 2.24) is 0 Å². The Hall–Kier alpha value is -0.930. The third-order valence-electron chi connectivity index (χ3n) is 3.92. The standard InChI is InChI=1S/C15H21FO2/c1-3-18-15(8-4-5-9-15)14(17)13-10-12(16)7-6-11(13)2/h6-7,10,14,17H,3-5,8-9H2,1-2H3. The molecule has 0 aliphatic heterocycles. The van der Waals surface area contributed by atoms with Crippen molar-refractivity contribution in [2.75, 3.05) is 6.61 Å². The zero-order valence-corrected chi connectivity index (χ0v) is 11.1. The minimum absolute atomic E-state index is 0.306. The van der Waals surface area contributed by atoms with Crippen LogP contribution in [0.1, 0.15) is 49.8 Å². The van der Waals surface area contributed by atoms with Crippen LogP contribution in [-0.4, -0.2) is 17.3 Å². The molecule has 2 rings (SSSR count). The second-order valence-corrected chi connectivity index (χ2v) is 5.11. The Morgan fingerprint density at radius 1 is 1.39 bits per heavy atom. The number of aliphatic hydroxyl groups is 1. The summed E-state index contributed by atoms with van der Waals surface area (Å²) in [6, 6.07) is 4.56. The van der Waals surface area contributed by atoms with E-state index in [9.17, 15) is 9.50 Å². The van der Waals surface area contributed by atoms with E-state index in [2.05, 4.69) is 0 Å². The van der Waals surface area contributed by atoms with Gasteiger partial charge >= 0.3 is 0 Å². The lowest BCUT2D eigenvalue weighted by molar-refractivity contribution is -0.118. The molecule has 18 heavy (non-hydrogen) atoms. The molecule has 1 aromatic carbocycles. The van der Waals surface area contributed by atoms with E-state index < -0.39 is 11.7 Å². The number of halogens is 1. The molecule has 1 aliphatic rings.